The molecular formula is C20H23F3N4O2S. The zero-order chi connectivity index (χ0) is 22.5. The average molecular weight is 440 g/mol. The molecule has 0 bridgehead atoms. The van der Waals surface area contributed by atoms with Crippen LogP contribution in [0.15, 0.2) is 47.5 Å². The topological polar surface area (TPSA) is 79.5 Å². The second kappa shape index (κ2) is 9.48. The predicted octanol–water partition coefficient (Wildman–Crippen LogP) is 3.67. The second-order valence-corrected chi connectivity index (χ2v) is 8.40. The van der Waals surface area contributed by atoms with Crippen molar-refractivity contribution in [2.75, 3.05) is 18.6 Å². The number of carbonyl (C=O) groups is 2. The molecule has 0 fully saturated rings. The Balaban J connectivity index is 2.19. The van der Waals surface area contributed by atoms with Crippen LogP contribution in [0.25, 0.3) is 0 Å². The molecule has 0 saturated carbocycles. The Morgan fingerprint density at radius 1 is 1.20 bits per heavy atom. The van der Waals surface area contributed by atoms with E-state index < -0.39 is 17.0 Å². The van der Waals surface area contributed by atoms with Crippen molar-refractivity contribution in [2.24, 2.45) is 5.73 Å². The molecule has 2 rings (SSSR count). The molecule has 0 aliphatic heterocycles. The highest BCUT2D eigenvalue weighted by Crippen LogP contribution is 2.37. The van der Waals surface area contributed by atoms with E-state index in [-0.39, 0.29) is 22.4 Å². The monoisotopic (exact) mass is 440 g/mol. The van der Waals surface area contributed by atoms with E-state index >= 15 is 0 Å². The maximum absolute atomic E-state index is 12.5. The Hall–Kier alpha value is -2.59. The first-order chi connectivity index (χ1) is 13.9. The highest BCUT2D eigenvalue weighted by molar-refractivity contribution is 8.00. The number of aldehydes is 1. The van der Waals surface area contributed by atoms with Crippen LogP contribution in [-0.4, -0.2) is 46.8 Å². The van der Waals surface area contributed by atoms with Crippen LogP contribution in [0, 0.1) is 0 Å². The van der Waals surface area contributed by atoms with Crippen molar-refractivity contribution in [3.05, 3.63) is 53.9 Å². The lowest BCUT2D eigenvalue weighted by Crippen LogP contribution is -2.49. The number of alkyl halides is 3. The van der Waals surface area contributed by atoms with E-state index in [0.717, 1.165) is 11.8 Å². The number of rotatable bonds is 9. The number of benzene rings is 1. The molecule has 0 atom stereocenters. The van der Waals surface area contributed by atoms with Gasteiger partial charge in [-0.1, -0.05) is 0 Å². The van der Waals surface area contributed by atoms with Crippen molar-refractivity contribution in [1.29, 1.82) is 0 Å². The number of nitrogens with zero attached hydrogens (tertiary/aromatic N) is 3. The molecule has 1 aromatic carbocycles. The number of anilines is 1. The van der Waals surface area contributed by atoms with Gasteiger partial charge < -0.3 is 15.4 Å². The summed E-state index contributed by atoms with van der Waals surface area (Å²) in [5.74, 6) is -0.646. The number of primary amides is 1. The van der Waals surface area contributed by atoms with E-state index in [9.17, 15) is 22.8 Å². The van der Waals surface area contributed by atoms with Gasteiger partial charge in [-0.25, -0.2) is 0 Å². The van der Waals surface area contributed by atoms with E-state index in [1.807, 2.05) is 9.80 Å². The molecule has 10 heteroatoms. The quantitative estimate of drug-likeness (QED) is 0.364. The average Bonchev–Trinajstić information content (AvgIpc) is 2.67. The van der Waals surface area contributed by atoms with Gasteiger partial charge in [-0.3, -0.25) is 14.7 Å². The summed E-state index contributed by atoms with van der Waals surface area (Å²) in [6.07, 6.45) is 2.29. The lowest BCUT2D eigenvalue weighted by molar-refractivity contribution is -0.117. The molecule has 1 heterocycles. The molecule has 162 valence electrons. The molecule has 0 spiro atoms. The van der Waals surface area contributed by atoms with Crippen molar-refractivity contribution in [1.82, 2.24) is 9.88 Å². The van der Waals surface area contributed by atoms with Crippen LogP contribution >= 0.6 is 11.8 Å². The summed E-state index contributed by atoms with van der Waals surface area (Å²) in [7, 11) is 1.78. The van der Waals surface area contributed by atoms with E-state index in [1.54, 1.807) is 45.2 Å². The predicted molar refractivity (Wildman–Crippen MR) is 110 cm³/mol. The highest BCUT2D eigenvalue weighted by Gasteiger charge is 2.30. The van der Waals surface area contributed by atoms with E-state index in [4.69, 9.17) is 5.73 Å². The summed E-state index contributed by atoms with van der Waals surface area (Å²) >= 11 is -0.171. The van der Waals surface area contributed by atoms with Gasteiger partial charge in [-0.15, -0.1) is 0 Å². The SMILES string of the molecule is CN(CN(Cc1ccnc(C(N)=O)c1)C(C)(C)C=O)c1ccc(SC(F)(F)F)cc1. The lowest BCUT2D eigenvalue weighted by atomic mass is 10.0. The number of halogens is 3. The first-order valence-electron chi connectivity index (χ1n) is 8.94. The van der Waals surface area contributed by atoms with E-state index in [2.05, 4.69) is 4.98 Å². The molecular weight excluding hydrogens is 417 g/mol. The standard InChI is InChI=1S/C20H23F3N4O2S/c1-19(2,12-28)27(11-14-8-9-25-17(10-14)18(24)29)13-26(3)15-4-6-16(7-5-15)30-20(21,22)23/h4-10,12H,11,13H2,1-3H3,(H2,24,29). The molecule has 0 unspecified atom stereocenters. The Morgan fingerprint density at radius 3 is 2.37 bits per heavy atom. The third kappa shape index (κ3) is 6.74. The fraction of sp³-hybridized carbons (Fsp3) is 0.350. The number of hydrogen-bond donors (Lipinski definition) is 1. The molecule has 1 aromatic heterocycles. The van der Waals surface area contributed by atoms with Crippen molar-refractivity contribution in [2.45, 2.75) is 36.3 Å². The second-order valence-electron chi connectivity index (χ2n) is 7.26. The summed E-state index contributed by atoms with van der Waals surface area (Å²) in [5, 5.41) is 0. The van der Waals surface area contributed by atoms with Crippen LogP contribution in [0.5, 0.6) is 0 Å². The Bertz CT molecular complexity index is 888. The Kier molecular flexibility index (Phi) is 7.49. The zero-order valence-corrected chi connectivity index (χ0v) is 17.6. The van der Waals surface area contributed by atoms with Gasteiger partial charge in [0.1, 0.15) is 12.0 Å². The van der Waals surface area contributed by atoms with Gasteiger partial charge in [-0.05, 0) is 67.6 Å². The number of aromatic nitrogens is 1. The van der Waals surface area contributed by atoms with Gasteiger partial charge in [0.15, 0.2) is 0 Å². The maximum Gasteiger partial charge on any atom is 0.446 e. The van der Waals surface area contributed by atoms with Crippen LogP contribution in [-0.2, 0) is 11.3 Å². The number of nitrogens with two attached hydrogens (primary N) is 1. The van der Waals surface area contributed by atoms with Crippen molar-refractivity contribution >= 4 is 29.6 Å². The minimum Gasteiger partial charge on any atom is -0.364 e. The number of hydrogen-bond acceptors (Lipinski definition) is 6. The number of carbonyl (C=O) groups excluding carboxylic acids is 2. The van der Waals surface area contributed by atoms with E-state index in [0.29, 0.717) is 18.9 Å². The van der Waals surface area contributed by atoms with Gasteiger partial charge in [-0.2, -0.15) is 13.2 Å². The third-order valence-electron chi connectivity index (χ3n) is 4.45. The van der Waals surface area contributed by atoms with Crippen LogP contribution in [0.3, 0.4) is 0 Å². The largest absolute Gasteiger partial charge is 0.446 e. The molecule has 0 aliphatic rings. The molecule has 2 N–H and O–H groups in total. The summed E-state index contributed by atoms with van der Waals surface area (Å²) in [5.41, 5.74) is 1.68. The third-order valence-corrected chi connectivity index (χ3v) is 5.19. The van der Waals surface area contributed by atoms with Gasteiger partial charge in [0.25, 0.3) is 5.91 Å². The summed E-state index contributed by atoms with van der Waals surface area (Å²) in [6, 6.07) is 9.29. The molecule has 0 radical (unpaired) electrons. The van der Waals surface area contributed by atoms with Gasteiger partial charge in [0.05, 0.1) is 12.2 Å². The summed E-state index contributed by atoms with van der Waals surface area (Å²) in [6.45, 7) is 4.16. The Morgan fingerprint density at radius 2 is 1.83 bits per heavy atom. The molecule has 0 aliphatic carbocycles. The minimum absolute atomic E-state index is 0.0977. The molecule has 0 saturated heterocycles. The van der Waals surface area contributed by atoms with E-state index in [1.165, 1.54) is 18.3 Å². The fourth-order valence-electron chi connectivity index (χ4n) is 2.68. The number of thioether (sulfide) groups is 1. The minimum atomic E-state index is -4.34. The van der Waals surface area contributed by atoms with Crippen LogP contribution in [0.2, 0.25) is 0 Å². The molecule has 2 aromatic rings. The normalized spacial score (nSPS) is 12.1. The molecule has 1 amide bonds. The number of pyridine rings is 1. The fourth-order valence-corrected chi connectivity index (χ4v) is 3.22. The Labute approximate surface area is 177 Å². The molecule has 6 nitrogen and oxygen atoms in total. The van der Waals surface area contributed by atoms with Crippen molar-refractivity contribution < 1.29 is 22.8 Å². The first kappa shape index (κ1) is 23.7. The van der Waals surface area contributed by atoms with Crippen LogP contribution in [0.1, 0.15) is 29.9 Å². The highest BCUT2D eigenvalue weighted by atomic mass is 32.2. The smallest absolute Gasteiger partial charge is 0.364 e. The maximum atomic E-state index is 12.5. The van der Waals surface area contributed by atoms with Gasteiger partial charge >= 0.3 is 5.51 Å². The first-order valence-corrected chi connectivity index (χ1v) is 9.76. The lowest BCUT2D eigenvalue weighted by Gasteiger charge is -2.38. The molecule has 30 heavy (non-hydrogen) atoms. The van der Waals surface area contributed by atoms with Crippen LogP contribution in [0.4, 0.5) is 18.9 Å². The van der Waals surface area contributed by atoms with Crippen LogP contribution < -0.4 is 10.6 Å². The summed E-state index contributed by atoms with van der Waals surface area (Å²) in [4.78, 5) is 30.8. The zero-order valence-electron chi connectivity index (χ0n) is 16.8. The van der Waals surface area contributed by atoms with Crippen molar-refractivity contribution in [3.63, 3.8) is 0 Å². The van der Waals surface area contributed by atoms with Crippen molar-refractivity contribution in [3.8, 4) is 0 Å². The van der Waals surface area contributed by atoms with Gasteiger partial charge in [0, 0.05) is 30.4 Å². The summed E-state index contributed by atoms with van der Waals surface area (Å²) < 4.78 is 37.5. The van der Waals surface area contributed by atoms with Gasteiger partial charge in [0.2, 0.25) is 0 Å². The number of amides is 1.